The molecular weight excluding hydrogens is 222 g/mol. The number of carbonyl (C=O) groups excluding carboxylic acids is 2. The van der Waals surface area contributed by atoms with E-state index in [1.807, 2.05) is 0 Å². The van der Waals surface area contributed by atoms with Gasteiger partial charge in [-0.15, -0.1) is 0 Å². The molecule has 17 heavy (non-hydrogen) atoms. The summed E-state index contributed by atoms with van der Waals surface area (Å²) in [5, 5.41) is 0. The highest BCUT2D eigenvalue weighted by Crippen LogP contribution is 2.33. The van der Waals surface area contributed by atoms with Crippen molar-refractivity contribution in [1.29, 1.82) is 0 Å². The SMILES string of the molecule is COC(=O)c1ccc2c(c1)N(C)C(=O)[C@@H](C)O2. The maximum Gasteiger partial charge on any atom is 0.337 e. The van der Waals surface area contributed by atoms with Gasteiger partial charge in [-0.05, 0) is 25.1 Å². The Kier molecular flexibility index (Phi) is 2.75. The molecule has 0 spiro atoms. The molecule has 0 saturated carbocycles. The molecule has 1 aromatic carbocycles. The van der Waals surface area contributed by atoms with Crippen LogP contribution in [0.4, 0.5) is 5.69 Å². The Hall–Kier alpha value is -2.04. The van der Waals surface area contributed by atoms with Crippen LogP contribution in [-0.2, 0) is 9.53 Å². The standard InChI is InChI=1S/C12H13NO4/c1-7-11(14)13(2)9-6-8(12(15)16-3)4-5-10(9)17-7/h4-7H,1-3H3/t7-/m1/s1. The van der Waals surface area contributed by atoms with Gasteiger partial charge >= 0.3 is 5.97 Å². The van der Waals surface area contributed by atoms with Gasteiger partial charge in [-0.25, -0.2) is 4.79 Å². The Morgan fingerprint density at radius 3 is 2.82 bits per heavy atom. The lowest BCUT2D eigenvalue weighted by molar-refractivity contribution is -0.125. The predicted molar refractivity (Wildman–Crippen MR) is 61.3 cm³/mol. The second-order valence-electron chi connectivity index (χ2n) is 3.83. The van der Waals surface area contributed by atoms with Crippen LogP contribution in [0.25, 0.3) is 0 Å². The van der Waals surface area contributed by atoms with Gasteiger partial charge in [-0.2, -0.15) is 0 Å². The molecule has 1 amide bonds. The van der Waals surface area contributed by atoms with Gasteiger partial charge in [0, 0.05) is 7.05 Å². The molecule has 90 valence electrons. The number of amides is 1. The van der Waals surface area contributed by atoms with E-state index in [4.69, 9.17) is 4.74 Å². The van der Waals surface area contributed by atoms with Crippen LogP contribution in [0.2, 0.25) is 0 Å². The van der Waals surface area contributed by atoms with E-state index in [2.05, 4.69) is 4.74 Å². The molecule has 0 unspecified atom stereocenters. The molecule has 0 aromatic heterocycles. The van der Waals surface area contributed by atoms with E-state index in [-0.39, 0.29) is 5.91 Å². The molecule has 5 nitrogen and oxygen atoms in total. The van der Waals surface area contributed by atoms with Crippen LogP contribution in [0.5, 0.6) is 5.75 Å². The van der Waals surface area contributed by atoms with Crippen LogP contribution >= 0.6 is 0 Å². The summed E-state index contributed by atoms with van der Waals surface area (Å²) < 4.78 is 10.1. The quantitative estimate of drug-likeness (QED) is 0.687. The third kappa shape index (κ3) is 1.84. The molecule has 0 N–H and O–H groups in total. The van der Waals surface area contributed by atoms with Crippen molar-refractivity contribution in [3.05, 3.63) is 23.8 Å². The number of esters is 1. The molecule has 1 atom stereocenters. The average Bonchev–Trinajstić information content (AvgIpc) is 2.35. The number of hydrogen-bond acceptors (Lipinski definition) is 4. The van der Waals surface area contributed by atoms with Gasteiger partial charge in [-0.1, -0.05) is 0 Å². The summed E-state index contributed by atoms with van der Waals surface area (Å²) in [7, 11) is 2.97. The topological polar surface area (TPSA) is 55.8 Å². The number of nitrogens with zero attached hydrogens (tertiary/aromatic N) is 1. The Bertz CT molecular complexity index is 483. The first-order chi connectivity index (χ1) is 8.04. The zero-order chi connectivity index (χ0) is 12.6. The first kappa shape index (κ1) is 11.4. The molecule has 1 aromatic rings. The molecule has 0 bridgehead atoms. The van der Waals surface area contributed by atoms with Crippen molar-refractivity contribution in [3.63, 3.8) is 0 Å². The van der Waals surface area contributed by atoms with Gasteiger partial charge in [0.1, 0.15) is 5.75 Å². The molecule has 2 rings (SSSR count). The monoisotopic (exact) mass is 235 g/mol. The molecule has 0 fully saturated rings. The number of anilines is 1. The molecule has 5 heteroatoms. The Balaban J connectivity index is 2.45. The van der Waals surface area contributed by atoms with E-state index < -0.39 is 12.1 Å². The lowest BCUT2D eigenvalue weighted by Crippen LogP contribution is -2.42. The Labute approximate surface area is 98.9 Å². The van der Waals surface area contributed by atoms with E-state index >= 15 is 0 Å². The summed E-state index contributed by atoms with van der Waals surface area (Å²) in [5.41, 5.74) is 0.972. The van der Waals surface area contributed by atoms with E-state index in [0.717, 1.165) is 0 Å². The molecule has 1 aliphatic heterocycles. The average molecular weight is 235 g/mol. The fourth-order valence-electron chi connectivity index (χ4n) is 1.76. The van der Waals surface area contributed by atoms with E-state index in [0.29, 0.717) is 17.0 Å². The van der Waals surface area contributed by atoms with Crippen LogP contribution in [0.15, 0.2) is 18.2 Å². The van der Waals surface area contributed by atoms with Crippen molar-refractivity contribution < 1.29 is 19.1 Å². The second-order valence-corrected chi connectivity index (χ2v) is 3.83. The Morgan fingerprint density at radius 2 is 2.18 bits per heavy atom. The smallest absolute Gasteiger partial charge is 0.337 e. The zero-order valence-corrected chi connectivity index (χ0v) is 9.89. The summed E-state index contributed by atoms with van der Waals surface area (Å²) in [5.74, 6) is 0.0130. The highest BCUT2D eigenvalue weighted by atomic mass is 16.5. The third-order valence-corrected chi connectivity index (χ3v) is 2.72. The van der Waals surface area contributed by atoms with Gasteiger partial charge in [0.15, 0.2) is 6.10 Å². The van der Waals surface area contributed by atoms with Crippen molar-refractivity contribution in [3.8, 4) is 5.75 Å². The minimum Gasteiger partial charge on any atom is -0.479 e. The highest BCUT2D eigenvalue weighted by Gasteiger charge is 2.29. The van der Waals surface area contributed by atoms with Crippen LogP contribution < -0.4 is 9.64 Å². The lowest BCUT2D eigenvalue weighted by Gasteiger charge is -2.30. The van der Waals surface area contributed by atoms with Crippen LogP contribution in [0, 0.1) is 0 Å². The summed E-state index contributed by atoms with van der Waals surface area (Å²) in [6, 6.07) is 4.87. The normalized spacial score (nSPS) is 18.4. The number of likely N-dealkylation sites (N-methyl/N-ethyl adjacent to an activating group) is 1. The Morgan fingerprint density at radius 1 is 1.47 bits per heavy atom. The summed E-state index contributed by atoms with van der Waals surface area (Å²) >= 11 is 0. The maximum atomic E-state index is 11.7. The minimum absolute atomic E-state index is 0.139. The molecule has 1 heterocycles. The predicted octanol–water partition coefficient (Wildman–Crippen LogP) is 1.22. The molecule has 0 saturated heterocycles. The van der Waals surface area contributed by atoms with Gasteiger partial charge in [0.2, 0.25) is 0 Å². The van der Waals surface area contributed by atoms with Crippen molar-refractivity contribution in [1.82, 2.24) is 0 Å². The second kappa shape index (κ2) is 4.08. The maximum absolute atomic E-state index is 11.7. The highest BCUT2D eigenvalue weighted by molar-refractivity contribution is 6.01. The van der Waals surface area contributed by atoms with Crippen molar-refractivity contribution in [2.45, 2.75) is 13.0 Å². The fraction of sp³-hybridized carbons (Fsp3) is 0.333. The van der Waals surface area contributed by atoms with Gasteiger partial charge in [0.05, 0.1) is 18.4 Å². The first-order valence-corrected chi connectivity index (χ1v) is 5.21. The number of rotatable bonds is 1. The van der Waals surface area contributed by atoms with Crippen LogP contribution in [0.3, 0.4) is 0 Å². The largest absolute Gasteiger partial charge is 0.479 e. The molecule has 1 aliphatic rings. The van der Waals surface area contributed by atoms with Crippen molar-refractivity contribution >= 4 is 17.6 Å². The number of benzene rings is 1. The van der Waals surface area contributed by atoms with Crippen LogP contribution in [-0.4, -0.2) is 32.1 Å². The van der Waals surface area contributed by atoms with Crippen molar-refractivity contribution in [2.75, 3.05) is 19.1 Å². The van der Waals surface area contributed by atoms with E-state index in [9.17, 15) is 9.59 Å². The fourth-order valence-corrected chi connectivity index (χ4v) is 1.76. The van der Waals surface area contributed by atoms with Crippen molar-refractivity contribution in [2.24, 2.45) is 0 Å². The van der Waals surface area contributed by atoms with E-state index in [1.54, 1.807) is 32.2 Å². The van der Waals surface area contributed by atoms with Gasteiger partial charge < -0.3 is 14.4 Å². The zero-order valence-electron chi connectivity index (χ0n) is 9.89. The van der Waals surface area contributed by atoms with Gasteiger partial charge in [0.25, 0.3) is 5.91 Å². The number of methoxy groups -OCH3 is 1. The number of carbonyl (C=O) groups is 2. The number of fused-ring (bicyclic) bond motifs is 1. The summed E-state index contributed by atoms with van der Waals surface area (Å²) in [6.45, 7) is 1.69. The molecule has 0 aliphatic carbocycles. The minimum atomic E-state index is -0.503. The van der Waals surface area contributed by atoms with E-state index in [1.165, 1.54) is 12.0 Å². The van der Waals surface area contributed by atoms with Crippen LogP contribution in [0.1, 0.15) is 17.3 Å². The number of ether oxygens (including phenoxy) is 2. The molecular formula is C12H13NO4. The first-order valence-electron chi connectivity index (χ1n) is 5.21. The molecule has 0 radical (unpaired) electrons. The van der Waals surface area contributed by atoms with Gasteiger partial charge in [-0.3, -0.25) is 4.79 Å². The lowest BCUT2D eigenvalue weighted by atomic mass is 10.1. The third-order valence-electron chi connectivity index (χ3n) is 2.72. The summed E-state index contributed by atoms with van der Waals surface area (Å²) in [4.78, 5) is 24.6. The number of hydrogen-bond donors (Lipinski definition) is 0. The summed E-state index contributed by atoms with van der Waals surface area (Å²) in [6.07, 6.45) is -0.503.